The summed E-state index contributed by atoms with van der Waals surface area (Å²) in [5.74, 6) is 0.809. The molecule has 0 unspecified atom stereocenters. The molecule has 0 saturated carbocycles. The number of nitrogens with zero attached hydrogens (tertiary/aromatic N) is 3. The number of amides is 1. The molecule has 5 nitrogen and oxygen atoms in total. The van der Waals surface area contributed by atoms with Crippen molar-refractivity contribution in [1.29, 1.82) is 0 Å². The van der Waals surface area contributed by atoms with E-state index in [0.717, 1.165) is 49.4 Å². The summed E-state index contributed by atoms with van der Waals surface area (Å²) >= 11 is 6.58. The number of fused-ring (bicyclic) bond motifs is 1. The smallest absolute Gasteiger partial charge is 0.269 e. The average Bonchev–Trinajstić information content (AvgIpc) is 3.40. The highest BCUT2D eigenvalue weighted by atomic mass is 79.9. The number of benzene rings is 3. The van der Waals surface area contributed by atoms with E-state index in [9.17, 15) is 4.79 Å². The zero-order valence-electron chi connectivity index (χ0n) is 19.4. The molecule has 0 bridgehead atoms. The van der Waals surface area contributed by atoms with Crippen LogP contribution in [0.4, 0.5) is 11.4 Å². The van der Waals surface area contributed by atoms with Crippen LogP contribution in [-0.4, -0.2) is 36.2 Å². The molecule has 3 aromatic rings. The first-order valence-electron chi connectivity index (χ1n) is 11.3. The minimum atomic E-state index is 0.00233. The van der Waals surface area contributed by atoms with Crippen molar-refractivity contribution in [3.8, 4) is 5.75 Å². The van der Waals surface area contributed by atoms with Crippen LogP contribution in [-0.2, 0) is 11.2 Å². The molecule has 8 heteroatoms. The van der Waals surface area contributed by atoms with Gasteiger partial charge in [-0.2, -0.15) is 0 Å². The number of methoxy groups -OCH3 is 1. The van der Waals surface area contributed by atoms with E-state index in [-0.39, 0.29) is 5.91 Å². The summed E-state index contributed by atoms with van der Waals surface area (Å²) in [4.78, 5) is 24.5. The summed E-state index contributed by atoms with van der Waals surface area (Å²) in [6, 6.07) is 24.1. The van der Waals surface area contributed by atoms with Gasteiger partial charge in [0.25, 0.3) is 5.91 Å². The van der Waals surface area contributed by atoms with E-state index in [1.165, 1.54) is 17.3 Å². The number of hydrogen-bond acceptors (Lipinski definition) is 6. The van der Waals surface area contributed by atoms with Gasteiger partial charge in [0.1, 0.15) is 15.7 Å². The number of rotatable bonds is 6. The molecular weight excluding hydrogens is 542 g/mol. The fourth-order valence-electron chi connectivity index (χ4n) is 4.00. The number of halogens is 1. The van der Waals surface area contributed by atoms with Gasteiger partial charge in [-0.05, 0) is 67.1 Å². The first-order chi connectivity index (χ1) is 17.1. The van der Waals surface area contributed by atoms with Gasteiger partial charge < -0.3 is 9.64 Å². The highest BCUT2D eigenvalue weighted by molar-refractivity contribution is 9.10. The Morgan fingerprint density at radius 1 is 0.971 bits per heavy atom. The number of carbonyl (C=O) groups excluding carboxylic acids is 1. The fraction of sp³-hybridized carbons (Fsp3) is 0.185. The van der Waals surface area contributed by atoms with Crippen molar-refractivity contribution in [3.05, 3.63) is 92.8 Å². The van der Waals surface area contributed by atoms with Crippen LogP contribution in [0.15, 0.2) is 97.1 Å². The lowest BCUT2D eigenvalue weighted by molar-refractivity contribution is -0.122. The maximum absolute atomic E-state index is 13.8. The van der Waals surface area contributed by atoms with E-state index in [1.807, 2.05) is 59.5 Å². The van der Waals surface area contributed by atoms with Gasteiger partial charge in [0.05, 0.1) is 18.5 Å². The first-order valence-corrected chi connectivity index (χ1v) is 13.8. The van der Waals surface area contributed by atoms with Crippen molar-refractivity contribution < 1.29 is 9.53 Å². The SMILES string of the molecule is CCN1/C(=C2/SC(=Nc3ccc(Br)cc3)N(CCc3ccccc3)C2=O)Sc2ccc(OC)cc21. The van der Waals surface area contributed by atoms with Gasteiger partial charge in [-0.15, -0.1) is 0 Å². The lowest BCUT2D eigenvalue weighted by Gasteiger charge is -2.19. The summed E-state index contributed by atoms with van der Waals surface area (Å²) in [6.45, 7) is 3.42. The highest BCUT2D eigenvalue weighted by Gasteiger charge is 2.39. The van der Waals surface area contributed by atoms with Crippen molar-refractivity contribution in [2.75, 3.05) is 25.1 Å². The Morgan fingerprint density at radius 3 is 2.46 bits per heavy atom. The molecule has 0 atom stereocenters. The molecule has 0 radical (unpaired) electrons. The Balaban J connectivity index is 1.51. The molecular formula is C27H24BrN3O2S2. The minimum absolute atomic E-state index is 0.00233. The van der Waals surface area contributed by atoms with Crippen LogP contribution in [0.5, 0.6) is 5.75 Å². The third-order valence-electron chi connectivity index (χ3n) is 5.80. The van der Waals surface area contributed by atoms with Gasteiger partial charge >= 0.3 is 0 Å². The zero-order chi connectivity index (χ0) is 24.4. The zero-order valence-corrected chi connectivity index (χ0v) is 22.6. The Kier molecular flexibility index (Phi) is 7.22. The van der Waals surface area contributed by atoms with Crippen molar-refractivity contribution >= 4 is 61.9 Å². The van der Waals surface area contributed by atoms with E-state index in [2.05, 4.69) is 46.0 Å². The van der Waals surface area contributed by atoms with E-state index in [0.29, 0.717) is 11.7 Å². The molecule has 0 N–H and O–H groups in total. The van der Waals surface area contributed by atoms with Gasteiger partial charge in [-0.3, -0.25) is 9.69 Å². The normalized spacial score (nSPS) is 18.5. The third-order valence-corrected chi connectivity index (χ3v) is 8.71. The van der Waals surface area contributed by atoms with Gasteiger partial charge in [-0.1, -0.05) is 58.0 Å². The van der Waals surface area contributed by atoms with Crippen molar-refractivity contribution in [1.82, 2.24) is 4.90 Å². The Bertz CT molecular complexity index is 1310. The van der Waals surface area contributed by atoms with Crippen LogP contribution in [0.1, 0.15) is 12.5 Å². The second kappa shape index (κ2) is 10.5. The molecule has 1 fully saturated rings. The molecule has 0 spiro atoms. The van der Waals surface area contributed by atoms with Crippen LogP contribution >= 0.6 is 39.5 Å². The van der Waals surface area contributed by atoms with Crippen molar-refractivity contribution in [2.45, 2.75) is 18.2 Å². The van der Waals surface area contributed by atoms with Gasteiger partial charge in [-0.25, -0.2) is 4.99 Å². The van der Waals surface area contributed by atoms with Crippen LogP contribution < -0.4 is 9.64 Å². The van der Waals surface area contributed by atoms with Crippen molar-refractivity contribution in [3.63, 3.8) is 0 Å². The maximum Gasteiger partial charge on any atom is 0.269 e. The molecule has 0 aromatic heterocycles. The van der Waals surface area contributed by atoms with Crippen LogP contribution in [0, 0.1) is 0 Å². The number of thioether (sulfide) groups is 2. The number of anilines is 1. The van der Waals surface area contributed by atoms with Crippen LogP contribution in [0.3, 0.4) is 0 Å². The van der Waals surface area contributed by atoms with E-state index in [1.54, 1.807) is 18.9 Å². The topological polar surface area (TPSA) is 45.1 Å². The van der Waals surface area contributed by atoms with Crippen molar-refractivity contribution in [2.24, 2.45) is 4.99 Å². The molecule has 5 rings (SSSR count). The third kappa shape index (κ3) is 5.01. The summed E-state index contributed by atoms with van der Waals surface area (Å²) < 4.78 is 6.44. The quantitative estimate of drug-likeness (QED) is 0.299. The predicted octanol–water partition coefficient (Wildman–Crippen LogP) is 7.06. The van der Waals surface area contributed by atoms with Gasteiger partial charge in [0.15, 0.2) is 5.17 Å². The fourth-order valence-corrected chi connectivity index (χ4v) is 6.66. The molecule has 1 amide bonds. The standard InChI is InChI=1S/C27H24BrN3O2S2/c1-3-30-22-17-21(33-2)13-14-23(22)34-26(30)24-25(32)31(16-15-18-7-5-4-6-8-18)27(35-24)29-20-11-9-19(28)10-12-20/h4-14,17H,3,15-16H2,1-2H3/b26-24-,29-27?. The lowest BCUT2D eigenvalue weighted by atomic mass is 10.1. The van der Waals surface area contributed by atoms with E-state index < -0.39 is 0 Å². The first kappa shape index (κ1) is 24.0. The molecule has 0 aliphatic carbocycles. The molecule has 2 aliphatic rings. The number of ether oxygens (including phenoxy) is 1. The number of amidine groups is 1. The monoisotopic (exact) mass is 565 g/mol. The summed E-state index contributed by atoms with van der Waals surface area (Å²) in [7, 11) is 1.67. The molecule has 178 valence electrons. The minimum Gasteiger partial charge on any atom is -0.497 e. The highest BCUT2D eigenvalue weighted by Crippen LogP contribution is 2.51. The van der Waals surface area contributed by atoms with Gasteiger partial charge in [0.2, 0.25) is 0 Å². The summed E-state index contributed by atoms with van der Waals surface area (Å²) in [5, 5.41) is 1.66. The van der Waals surface area contributed by atoms with Gasteiger partial charge in [0, 0.05) is 28.5 Å². The molecule has 3 aromatic carbocycles. The Morgan fingerprint density at radius 2 is 1.74 bits per heavy atom. The average molecular weight is 567 g/mol. The maximum atomic E-state index is 13.8. The summed E-state index contributed by atoms with van der Waals surface area (Å²) in [5.41, 5.74) is 3.08. The number of carbonyl (C=O) groups is 1. The Hall–Kier alpha value is -2.68. The molecule has 1 saturated heterocycles. The second-order valence-electron chi connectivity index (χ2n) is 7.98. The largest absolute Gasteiger partial charge is 0.497 e. The van der Waals surface area contributed by atoms with E-state index >= 15 is 0 Å². The lowest BCUT2D eigenvalue weighted by Crippen LogP contribution is -2.32. The Labute approximate surface area is 222 Å². The molecule has 2 heterocycles. The van der Waals surface area contributed by atoms with Crippen LogP contribution in [0.25, 0.3) is 0 Å². The number of hydrogen-bond donors (Lipinski definition) is 0. The molecule has 2 aliphatic heterocycles. The molecule has 35 heavy (non-hydrogen) atoms. The second-order valence-corrected chi connectivity index (χ2v) is 10.9. The van der Waals surface area contributed by atoms with Crippen LogP contribution in [0.2, 0.25) is 0 Å². The number of aliphatic imine (C=N–C) groups is 1. The predicted molar refractivity (Wildman–Crippen MR) is 150 cm³/mol. The van der Waals surface area contributed by atoms with E-state index in [4.69, 9.17) is 9.73 Å². The summed E-state index contributed by atoms with van der Waals surface area (Å²) in [6.07, 6.45) is 0.761.